The van der Waals surface area contributed by atoms with Crippen molar-refractivity contribution in [2.45, 2.75) is 13.3 Å². The van der Waals surface area contributed by atoms with Gasteiger partial charge in [-0.3, -0.25) is 0 Å². The van der Waals surface area contributed by atoms with Crippen molar-refractivity contribution in [3.63, 3.8) is 0 Å². The van der Waals surface area contributed by atoms with Gasteiger partial charge < -0.3 is 15.9 Å². The fraction of sp³-hybridized carbons (Fsp3) is 0.400. The highest BCUT2D eigenvalue weighted by Gasteiger charge is 2.03. The van der Waals surface area contributed by atoms with Gasteiger partial charge in [-0.1, -0.05) is 13.2 Å². The lowest BCUT2D eigenvalue weighted by molar-refractivity contribution is -0.140. The largest absolute Gasteiger partial charge is 0.498 e. The highest BCUT2D eigenvalue weighted by atomic mass is 16.6. The molecule has 0 aromatic carbocycles. The van der Waals surface area contributed by atoms with E-state index in [4.69, 9.17) is 9.47 Å². The van der Waals surface area contributed by atoms with Crippen molar-refractivity contribution >= 4 is 5.97 Å². The van der Waals surface area contributed by atoms with Crippen LogP contribution in [0.3, 0.4) is 0 Å². The Bertz CT molecular complexity index is 185. The molecule has 0 saturated heterocycles. The third-order valence-electron chi connectivity index (χ3n) is 1.29. The molecule has 0 aromatic heterocycles. The molecule has 0 atom stereocenters. The van der Waals surface area contributed by atoms with Gasteiger partial charge in [-0.05, 0) is 0 Å². The van der Waals surface area contributed by atoms with Crippen molar-refractivity contribution in [2.75, 3.05) is 13.2 Å². The zero-order chi connectivity index (χ0) is 10.1. The van der Waals surface area contributed by atoms with Gasteiger partial charge in [0.05, 0.1) is 6.26 Å². The van der Waals surface area contributed by atoms with Gasteiger partial charge >= 0.3 is 5.97 Å². The molecule has 0 amide bonds. The average Bonchev–Trinajstić information content (AvgIpc) is 2.12. The molecule has 0 saturated carbocycles. The van der Waals surface area contributed by atoms with Crippen LogP contribution in [0.15, 0.2) is 25.0 Å². The van der Waals surface area contributed by atoms with Gasteiger partial charge in [-0.15, -0.1) is 6.42 Å². The maximum Gasteiger partial charge on any atom is 0.330 e. The highest BCUT2D eigenvalue weighted by Crippen LogP contribution is 2.02. The molecule has 0 rings (SSSR count). The van der Waals surface area contributed by atoms with E-state index in [0.717, 1.165) is 0 Å². The first kappa shape index (κ1) is 11.8. The Morgan fingerprint density at radius 2 is 2.23 bits per heavy atom. The molecule has 0 aliphatic rings. The van der Waals surface area contributed by atoms with E-state index in [1.807, 2.05) is 13.3 Å². The lowest BCUT2D eigenvalue weighted by Crippen LogP contribution is -2.11. The highest BCUT2D eigenvalue weighted by molar-refractivity contribution is 5.87. The summed E-state index contributed by atoms with van der Waals surface area (Å²) in [6.07, 6.45) is 3.72. The van der Waals surface area contributed by atoms with E-state index in [0.29, 0.717) is 18.6 Å². The first-order chi connectivity index (χ1) is 6.22. The SMILES string of the molecule is C=COCCOC(=O)C(=C)C[CH-]C. The van der Waals surface area contributed by atoms with Gasteiger partial charge in [-0.25, -0.2) is 4.79 Å². The number of hydrogen-bond donors (Lipinski definition) is 0. The Kier molecular flexibility index (Phi) is 6.69. The van der Waals surface area contributed by atoms with Gasteiger partial charge in [0.1, 0.15) is 13.2 Å². The van der Waals surface area contributed by atoms with Crippen molar-refractivity contribution < 1.29 is 14.3 Å². The van der Waals surface area contributed by atoms with Gasteiger partial charge in [0, 0.05) is 5.57 Å². The summed E-state index contributed by atoms with van der Waals surface area (Å²) in [5.74, 6) is -0.370. The molecular weight excluding hydrogens is 168 g/mol. The second-order valence-corrected chi connectivity index (χ2v) is 2.39. The van der Waals surface area contributed by atoms with Crippen LogP contribution in [-0.2, 0) is 14.3 Å². The van der Waals surface area contributed by atoms with Crippen LogP contribution in [0.4, 0.5) is 0 Å². The molecule has 3 nitrogen and oxygen atoms in total. The molecule has 3 heteroatoms. The Balaban J connectivity index is 3.50. The van der Waals surface area contributed by atoms with Crippen LogP contribution in [0.25, 0.3) is 0 Å². The molecular formula is C10H15O3-. The summed E-state index contributed by atoms with van der Waals surface area (Å²) in [4.78, 5) is 11.1. The molecule has 0 aliphatic heterocycles. The molecule has 0 aliphatic carbocycles. The maximum atomic E-state index is 11.1. The molecule has 13 heavy (non-hydrogen) atoms. The number of ether oxygens (including phenoxy) is 2. The monoisotopic (exact) mass is 183 g/mol. The van der Waals surface area contributed by atoms with Crippen LogP contribution in [0.5, 0.6) is 0 Å². The number of esters is 1. The summed E-state index contributed by atoms with van der Waals surface area (Å²) in [6.45, 7) is 9.35. The van der Waals surface area contributed by atoms with Crippen LogP contribution in [0.1, 0.15) is 13.3 Å². The predicted octanol–water partition coefficient (Wildman–Crippen LogP) is 1.86. The predicted molar refractivity (Wildman–Crippen MR) is 50.8 cm³/mol. The van der Waals surface area contributed by atoms with Crippen molar-refractivity contribution in [3.05, 3.63) is 31.4 Å². The lowest BCUT2D eigenvalue weighted by Gasteiger charge is -2.08. The van der Waals surface area contributed by atoms with Crippen molar-refractivity contribution in [2.24, 2.45) is 0 Å². The molecule has 0 bridgehead atoms. The minimum absolute atomic E-state index is 0.230. The van der Waals surface area contributed by atoms with E-state index in [-0.39, 0.29) is 12.6 Å². The molecule has 0 unspecified atom stereocenters. The normalized spacial score (nSPS) is 9.00. The van der Waals surface area contributed by atoms with Crippen molar-refractivity contribution in [1.29, 1.82) is 0 Å². The van der Waals surface area contributed by atoms with Crippen molar-refractivity contribution in [3.8, 4) is 0 Å². The first-order valence-electron chi connectivity index (χ1n) is 4.07. The summed E-state index contributed by atoms with van der Waals surface area (Å²) < 4.78 is 9.60. The van der Waals surface area contributed by atoms with Gasteiger partial charge in [0.15, 0.2) is 0 Å². The van der Waals surface area contributed by atoms with E-state index in [1.165, 1.54) is 6.26 Å². The Morgan fingerprint density at radius 1 is 1.54 bits per heavy atom. The molecule has 74 valence electrons. The third kappa shape index (κ3) is 5.96. The third-order valence-corrected chi connectivity index (χ3v) is 1.29. The molecule has 0 heterocycles. The second kappa shape index (κ2) is 7.40. The van der Waals surface area contributed by atoms with E-state index in [1.54, 1.807) is 0 Å². The Hall–Kier alpha value is -1.25. The molecule has 0 spiro atoms. The van der Waals surface area contributed by atoms with Crippen LogP contribution in [-0.4, -0.2) is 19.2 Å². The van der Waals surface area contributed by atoms with E-state index in [2.05, 4.69) is 13.2 Å². The summed E-state index contributed by atoms with van der Waals surface area (Å²) in [6, 6.07) is 0. The minimum Gasteiger partial charge on any atom is -0.498 e. The smallest absolute Gasteiger partial charge is 0.330 e. The van der Waals surface area contributed by atoms with Gasteiger partial charge in [-0.2, -0.15) is 6.92 Å². The number of hydrogen-bond acceptors (Lipinski definition) is 3. The molecule has 0 aromatic rings. The maximum absolute atomic E-state index is 11.1. The summed E-state index contributed by atoms with van der Waals surface area (Å²) >= 11 is 0. The van der Waals surface area contributed by atoms with Crippen molar-refractivity contribution in [1.82, 2.24) is 0 Å². The fourth-order valence-electron chi connectivity index (χ4n) is 0.698. The van der Waals surface area contributed by atoms with E-state index in [9.17, 15) is 4.79 Å². The zero-order valence-corrected chi connectivity index (χ0v) is 7.91. The fourth-order valence-corrected chi connectivity index (χ4v) is 0.698. The second-order valence-electron chi connectivity index (χ2n) is 2.39. The molecule has 0 N–H and O–H groups in total. The number of carbonyl (C=O) groups excluding carboxylic acids is 1. The van der Waals surface area contributed by atoms with E-state index >= 15 is 0 Å². The first-order valence-corrected chi connectivity index (χ1v) is 4.07. The van der Waals surface area contributed by atoms with Gasteiger partial charge in [0.2, 0.25) is 0 Å². The Labute approximate surface area is 79.0 Å². The quantitative estimate of drug-likeness (QED) is 0.199. The standard InChI is InChI=1S/C10H15O3/c1-4-6-9(3)10(11)13-8-7-12-5-2/h4-5H,2-3,6-8H2,1H3/q-1. The lowest BCUT2D eigenvalue weighted by atomic mass is 10.2. The summed E-state index contributed by atoms with van der Waals surface area (Å²) in [7, 11) is 0. The van der Waals surface area contributed by atoms with Crippen LogP contribution < -0.4 is 0 Å². The number of rotatable bonds is 7. The minimum atomic E-state index is -0.370. The van der Waals surface area contributed by atoms with E-state index < -0.39 is 0 Å². The van der Waals surface area contributed by atoms with Gasteiger partial charge in [0.25, 0.3) is 0 Å². The molecule has 0 radical (unpaired) electrons. The average molecular weight is 183 g/mol. The summed E-state index contributed by atoms with van der Waals surface area (Å²) in [5.41, 5.74) is 0.459. The topological polar surface area (TPSA) is 35.5 Å². The molecule has 0 fully saturated rings. The van der Waals surface area contributed by atoms with Crippen LogP contribution in [0, 0.1) is 6.42 Å². The van der Waals surface area contributed by atoms with Crippen LogP contribution in [0.2, 0.25) is 0 Å². The Morgan fingerprint density at radius 3 is 2.77 bits per heavy atom. The number of carbonyl (C=O) groups is 1. The summed E-state index contributed by atoms with van der Waals surface area (Å²) in [5, 5.41) is 0. The zero-order valence-electron chi connectivity index (χ0n) is 7.91. The van der Waals surface area contributed by atoms with Crippen LogP contribution >= 0.6 is 0 Å².